The lowest BCUT2D eigenvalue weighted by atomic mass is 10.4. The van der Waals surface area contributed by atoms with Gasteiger partial charge in [-0.1, -0.05) is 11.6 Å². The summed E-state index contributed by atoms with van der Waals surface area (Å²) in [6.45, 7) is 0.909. The van der Waals surface area contributed by atoms with Gasteiger partial charge in [0.25, 0.3) is 0 Å². The van der Waals surface area contributed by atoms with Crippen LogP contribution in [0.4, 0.5) is 5.82 Å². The van der Waals surface area contributed by atoms with Gasteiger partial charge in [0.15, 0.2) is 5.69 Å². The molecule has 0 unspecified atom stereocenters. The quantitative estimate of drug-likeness (QED) is 0.839. The van der Waals surface area contributed by atoms with Crippen molar-refractivity contribution in [2.75, 3.05) is 18.5 Å². The summed E-state index contributed by atoms with van der Waals surface area (Å²) in [5.74, 6) is 0.978. The van der Waals surface area contributed by atoms with Crippen LogP contribution in [0, 0.1) is 11.3 Å². The van der Waals surface area contributed by atoms with Crippen molar-refractivity contribution in [3.8, 4) is 11.9 Å². The highest BCUT2D eigenvalue weighted by molar-refractivity contribution is 6.31. The number of nitrogens with one attached hydrogen (secondary N) is 1. The van der Waals surface area contributed by atoms with Gasteiger partial charge >= 0.3 is 0 Å². The van der Waals surface area contributed by atoms with Crippen molar-refractivity contribution in [2.45, 2.75) is 0 Å². The van der Waals surface area contributed by atoms with Gasteiger partial charge in [0.2, 0.25) is 5.88 Å². The van der Waals surface area contributed by atoms with Crippen molar-refractivity contribution in [1.29, 1.82) is 5.26 Å². The van der Waals surface area contributed by atoms with Crippen molar-refractivity contribution >= 4 is 17.4 Å². The number of nitriles is 1. The molecule has 0 fully saturated rings. The summed E-state index contributed by atoms with van der Waals surface area (Å²) < 4.78 is 5.40. The Balaban J connectivity index is 1.78. The molecular formula is C12H10ClN5O. The molecule has 6 nitrogen and oxygen atoms in total. The Labute approximate surface area is 115 Å². The molecule has 0 aromatic carbocycles. The molecule has 0 aliphatic carbocycles. The first-order chi connectivity index (χ1) is 9.29. The summed E-state index contributed by atoms with van der Waals surface area (Å²) in [5.41, 5.74) is 0.280. The van der Waals surface area contributed by atoms with Crippen LogP contribution in [0.1, 0.15) is 5.69 Å². The van der Waals surface area contributed by atoms with E-state index in [1.807, 2.05) is 6.07 Å². The molecule has 7 heteroatoms. The van der Waals surface area contributed by atoms with E-state index in [0.717, 1.165) is 0 Å². The SMILES string of the molecule is N#Cc1ccc(NCCOc2ncccc2Cl)nn1. The van der Waals surface area contributed by atoms with E-state index in [4.69, 9.17) is 21.6 Å². The molecule has 0 amide bonds. The molecule has 0 aliphatic rings. The molecule has 0 atom stereocenters. The van der Waals surface area contributed by atoms with E-state index in [2.05, 4.69) is 20.5 Å². The fraction of sp³-hybridized carbons (Fsp3) is 0.167. The lowest BCUT2D eigenvalue weighted by Gasteiger charge is -2.07. The fourth-order valence-corrected chi connectivity index (χ4v) is 1.47. The summed E-state index contributed by atoms with van der Waals surface area (Å²) in [5, 5.41) is 19.6. The van der Waals surface area contributed by atoms with Crippen LogP contribution < -0.4 is 10.1 Å². The smallest absolute Gasteiger partial charge is 0.232 e. The van der Waals surface area contributed by atoms with Crippen LogP contribution in [0.25, 0.3) is 0 Å². The van der Waals surface area contributed by atoms with Crippen molar-refractivity contribution in [3.05, 3.63) is 41.2 Å². The Kier molecular flexibility index (Phi) is 4.48. The average Bonchev–Trinajstić information content (AvgIpc) is 2.46. The maximum absolute atomic E-state index is 8.58. The third-order valence-electron chi connectivity index (χ3n) is 2.15. The first-order valence-electron chi connectivity index (χ1n) is 5.50. The molecule has 0 saturated heterocycles. The Morgan fingerprint density at radius 1 is 1.32 bits per heavy atom. The molecule has 19 heavy (non-hydrogen) atoms. The van der Waals surface area contributed by atoms with Crippen LogP contribution in [0.3, 0.4) is 0 Å². The molecule has 0 spiro atoms. The van der Waals surface area contributed by atoms with E-state index in [0.29, 0.717) is 29.9 Å². The molecule has 0 aliphatic heterocycles. The number of hydrogen-bond donors (Lipinski definition) is 1. The van der Waals surface area contributed by atoms with E-state index in [-0.39, 0.29) is 5.69 Å². The number of aromatic nitrogens is 3. The zero-order valence-electron chi connectivity index (χ0n) is 9.88. The van der Waals surface area contributed by atoms with Gasteiger partial charge in [0, 0.05) is 6.20 Å². The number of anilines is 1. The van der Waals surface area contributed by atoms with Gasteiger partial charge < -0.3 is 10.1 Å². The number of nitrogens with zero attached hydrogens (tertiary/aromatic N) is 4. The lowest BCUT2D eigenvalue weighted by Crippen LogP contribution is -2.13. The van der Waals surface area contributed by atoms with Crippen LogP contribution in [-0.2, 0) is 0 Å². The van der Waals surface area contributed by atoms with Gasteiger partial charge in [0.1, 0.15) is 23.5 Å². The Bertz CT molecular complexity index is 581. The average molecular weight is 276 g/mol. The highest BCUT2D eigenvalue weighted by Crippen LogP contribution is 2.19. The molecule has 0 bridgehead atoms. The first-order valence-corrected chi connectivity index (χ1v) is 5.88. The highest BCUT2D eigenvalue weighted by Gasteiger charge is 2.01. The van der Waals surface area contributed by atoms with Gasteiger partial charge in [0.05, 0.1) is 6.54 Å². The maximum Gasteiger partial charge on any atom is 0.232 e. The van der Waals surface area contributed by atoms with Crippen LogP contribution in [0.15, 0.2) is 30.5 Å². The summed E-state index contributed by atoms with van der Waals surface area (Å²) in [6, 6.07) is 8.62. The molecular weight excluding hydrogens is 266 g/mol. The predicted octanol–water partition coefficient (Wildman–Crippen LogP) is 1.89. The van der Waals surface area contributed by atoms with E-state index in [1.165, 1.54) is 0 Å². The standard InChI is InChI=1S/C12H10ClN5O/c13-10-2-1-5-16-12(10)19-7-6-15-11-4-3-9(8-14)17-18-11/h1-5H,6-7H2,(H,15,18). The second-order valence-corrected chi connectivity index (χ2v) is 3.89. The van der Waals surface area contributed by atoms with E-state index in [9.17, 15) is 0 Å². The van der Waals surface area contributed by atoms with Crippen molar-refractivity contribution in [1.82, 2.24) is 15.2 Å². The molecule has 2 aromatic heterocycles. The predicted molar refractivity (Wildman–Crippen MR) is 70.0 cm³/mol. The van der Waals surface area contributed by atoms with Gasteiger partial charge in [-0.3, -0.25) is 0 Å². The second-order valence-electron chi connectivity index (χ2n) is 3.48. The molecule has 1 N–H and O–H groups in total. The second kappa shape index (κ2) is 6.52. The van der Waals surface area contributed by atoms with Crippen LogP contribution in [0.2, 0.25) is 5.02 Å². The lowest BCUT2D eigenvalue weighted by molar-refractivity contribution is 0.320. The molecule has 0 saturated carbocycles. The topological polar surface area (TPSA) is 83.7 Å². The minimum Gasteiger partial charge on any atom is -0.475 e. The normalized spacial score (nSPS) is 9.68. The van der Waals surface area contributed by atoms with Gasteiger partial charge in [-0.2, -0.15) is 5.26 Å². The van der Waals surface area contributed by atoms with Gasteiger partial charge in [-0.05, 0) is 24.3 Å². The number of rotatable bonds is 5. The molecule has 96 valence electrons. The monoisotopic (exact) mass is 275 g/mol. The van der Waals surface area contributed by atoms with E-state index < -0.39 is 0 Å². The molecule has 2 heterocycles. The largest absolute Gasteiger partial charge is 0.475 e. The van der Waals surface area contributed by atoms with Gasteiger partial charge in [-0.15, -0.1) is 10.2 Å². The fourth-order valence-electron chi connectivity index (χ4n) is 1.29. The Morgan fingerprint density at radius 3 is 2.89 bits per heavy atom. The molecule has 0 radical (unpaired) electrons. The molecule has 2 aromatic rings. The third-order valence-corrected chi connectivity index (χ3v) is 2.44. The number of halogens is 1. The Hall–Kier alpha value is -2.39. The molecule has 2 rings (SSSR count). The van der Waals surface area contributed by atoms with Gasteiger partial charge in [-0.25, -0.2) is 4.98 Å². The maximum atomic E-state index is 8.58. The third kappa shape index (κ3) is 3.79. The van der Waals surface area contributed by atoms with E-state index in [1.54, 1.807) is 30.5 Å². The van der Waals surface area contributed by atoms with Crippen LogP contribution in [-0.4, -0.2) is 28.3 Å². The summed E-state index contributed by atoms with van der Waals surface area (Å²) >= 11 is 5.89. The number of pyridine rings is 1. The van der Waals surface area contributed by atoms with E-state index >= 15 is 0 Å². The van der Waals surface area contributed by atoms with Crippen molar-refractivity contribution in [2.24, 2.45) is 0 Å². The van der Waals surface area contributed by atoms with Crippen molar-refractivity contribution < 1.29 is 4.74 Å². The Morgan fingerprint density at radius 2 is 2.21 bits per heavy atom. The number of hydrogen-bond acceptors (Lipinski definition) is 6. The highest BCUT2D eigenvalue weighted by atomic mass is 35.5. The van der Waals surface area contributed by atoms with Crippen LogP contribution in [0.5, 0.6) is 5.88 Å². The summed E-state index contributed by atoms with van der Waals surface area (Å²) in [7, 11) is 0. The number of ether oxygens (including phenoxy) is 1. The minimum absolute atomic E-state index is 0.280. The summed E-state index contributed by atoms with van der Waals surface area (Å²) in [6.07, 6.45) is 1.61. The first kappa shape index (κ1) is 13.1. The van der Waals surface area contributed by atoms with Crippen molar-refractivity contribution in [3.63, 3.8) is 0 Å². The minimum atomic E-state index is 0.280. The zero-order valence-corrected chi connectivity index (χ0v) is 10.6. The summed E-state index contributed by atoms with van der Waals surface area (Å²) in [4.78, 5) is 4.00. The van der Waals surface area contributed by atoms with Crippen LogP contribution >= 0.6 is 11.6 Å². The zero-order chi connectivity index (χ0) is 13.5.